The van der Waals surface area contributed by atoms with Gasteiger partial charge in [-0.2, -0.15) is 0 Å². The minimum atomic E-state index is 0. The van der Waals surface area contributed by atoms with Gasteiger partial charge < -0.3 is 10.1 Å². The van der Waals surface area contributed by atoms with Gasteiger partial charge in [-0.25, -0.2) is 0 Å². The Bertz CT molecular complexity index is 337. The van der Waals surface area contributed by atoms with Crippen LogP contribution in [0, 0.1) is 6.92 Å². The Labute approximate surface area is 117 Å². The fraction of sp³-hybridized carbons (Fsp3) is 0.600. The molecule has 1 N–H and O–H groups in total. The zero-order valence-electron chi connectivity index (χ0n) is 11.2. The number of aryl methyl sites for hydroxylation is 1. The molecule has 1 aliphatic heterocycles. The lowest BCUT2D eigenvalue weighted by atomic mass is 10.0. The smallest absolute Gasteiger partial charge is 0.0719 e. The normalized spacial score (nSPS) is 19.3. The largest absolute Gasteiger partial charge is 0.377 e. The fourth-order valence-corrected chi connectivity index (χ4v) is 2.35. The Morgan fingerprint density at radius 1 is 1.28 bits per heavy atom. The van der Waals surface area contributed by atoms with Crippen LogP contribution >= 0.6 is 12.4 Å². The Balaban J connectivity index is 0.00000162. The van der Waals surface area contributed by atoms with E-state index in [1.165, 1.54) is 36.9 Å². The second-order valence-electron chi connectivity index (χ2n) is 4.91. The van der Waals surface area contributed by atoms with Crippen LogP contribution in [0.3, 0.4) is 0 Å². The summed E-state index contributed by atoms with van der Waals surface area (Å²) in [5.41, 5.74) is 2.63. The molecule has 0 amide bonds. The Kier molecular flexibility index (Phi) is 7.33. The highest BCUT2D eigenvalue weighted by Gasteiger charge is 2.11. The standard InChI is InChI=1S/C15H23NO.ClH/c1-13-6-2-3-7-14(13)12-17-11-9-15-8-4-5-10-16-15;/h2-3,6-7,15-16H,4-5,8-12H2,1H3;1H. The summed E-state index contributed by atoms with van der Waals surface area (Å²) in [5, 5.41) is 3.55. The molecule has 1 fully saturated rings. The molecule has 1 heterocycles. The highest BCUT2D eigenvalue weighted by molar-refractivity contribution is 5.85. The third kappa shape index (κ3) is 4.97. The van der Waals surface area contributed by atoms with E-state index in [0.717, 1.165) is 19.6 Å². The van der Waals surface area contributed by atoms with Gasteiger partial charge in [0.15, 0.2) is 0 Å². The summed E-state index contributed by atoms with van der Waals surface area (Å²) in [6.45, 7) is 4.94. The van der Waals surface area contributed by atoms with Gasteiger partial charge in [-0.1, -0.05) is 30.7 Å². The maximum absolute atomic E-state index is 5.76. The van der Waals surface area contributed by atoms with Crippen LogP contribution in [0.1, 0.15) is 36.8 Å². The van der Waals surface area contributed by atoms with Crippen LogP contribution in [-0.4, -0.2) is 19.2 Å². The summed E-state index contributed by atoms with van der Waals surface area (Å²) in [6, 6.07) is 9.12. The van der Waals surface area contributed by atoms with Gasteiger partial charge in [0.25, 0.3) is 0 Å². The molecule has 1 aliphatic rings. The second kappa shape index (κ2) is 8.52. The molecule has 0 bridgehead atoms. The van der Waals surface area contributed by atoms with E-state index in [1.807, 2.05) is 0 Å². The van der Waals surface area contributed by atoms with Crippen molar-refractivity contribution >= 4 is 12.4 Å². The molecule has 0 aliphatic carbocycles. The van der Waals surface area contributed by atoms with Gasteiger partial charge in [0, 0.05) is 12.6 Å². The molecule has 3 heteroatoms. The number of nitrogens with one attached hydrogen (secondary N) is 1. The molecule has 0 radical (unpaired) electrons. The summed E-state index contributed by atoms with van der Waals surface area (Å²) >= 11 is 0. The molecule has 2 rings (SSSR count). The zero-order valence-corrected chi connectivity index (χ0v) is 12.0. The van der Waals surface area contributed by atoms with Crippen molar-refractivity contribution in [1.82, 2.24) is 5.32 Å². The minimum Gasteiger partial charge on any atom is -0.377 e. The maximum atomic E-state index is 5.76. The first-order chi connectivity index (χ1) is 8.36. The van der Waals surface area contributed by atoms with Crippen LogP contribution in [0.25, 0.3) is 0 Å². The van der Waals surface area contributed by atoms with Crippen LogP contribution in [0.5, 0.6) is 0 Å². The average molecular weight is 270 g/mol. The highest BCUT2D eigenvalue weighted by atomic mass is 35.5. The molecule has 2 nitrogen and oxygen atoms in total. The van der Waals surface area contributed by atoms with E-state index in [4.69, 9.17) is 4.74 Å². The summed E-state index contributed by atoms with van der Waals surface area (Å²) in [6.07, 6.45) is 5.16. The predicted molar refractivity (Wildman–Crippen MR) is 78.3 cm³/mol. The number of ether oxygens (including phenoxy) is 1. The predicted octanol–water partition coefficient (Wildman–Crippen LogP) is 3.47. The van der Waals surface area contributed by atoms with Crippen LogP contribution in [0.15, 0.2) is 24.3 Å². The molecule has 1 unspecified atom stereocenters. The van der Waals surface area contributed by atoms with E-state index < -0.39 is 0 Å². The minimum absolute atomic E-state index is 0. The van der Waals surface area contributed by atoms with E-state index in [2.05, 4.69) is 36.5 Å². The van der Waals surface area contributed by atoms with Crippen molar-refractivity contribution in [2.24, 2.45) is 0 Å². The van der Waals surface area contributed by atoms with Crippen molar-refractivity contribution in [2.75, 3.05) is 13.2 Å². The van der Waals surface area contributed by atoms with Crippen molar-refractivity contribution in [3.05, 3.63) is 35.4 Å². The van der Waals surface area contributed by atoms with Gasteiger partial charge in [-0.3, -0.25) is 0 Å². The zero-order chi connectivity index (χ0) is 11.9. The SMILES string of the molecule is Cc1ccccc1COCCC1CCCCN1.Cl. The van der Waals surface area contributed by atoms with Crippen molar-refractivity contribution in [2.45, 2.75) is 45.3 Å². The van der Waals surface area contributed by atoms with Crippen molar-refractivity contribution in [3.63, 3.8) is 0 Å². The molecule has 1 aromatic rings. The number of hydrogen-bond acceptors (Lipinski definition) is 2. The molecule has 1 saturated heterocycles. The van der Waals surface area contributed by atoms with E-state index in [1.54, 1.807) is 0 Å². The second-order valence-corrected chi connectivity index (χ2v) is 4.91. The molecule has 1 aromatic carbocycles. The number of hydrogen-bond donors (Lipinski definition) is 1. The van der Waals surface area contributed by atoms with Crippen molar-refractivity contribution in [1.29, 1.82) is 0 Å². The third-order valence-corrected chi connectivity index (χ3v) is 3.54. The Morgan fingerprint density at radius 2 is 2.11 bits per heavy atom. The van der Waals surface area contributed by atoms with Crippen LogP contribution in [0.4, 0.5) is 0 Å². The number of rotatable bonds is 5. The summed E-state index contributed by atoms with van der Waals surface area (Å²) in [7, 11) is 0. The summed E-state index contributed by atoms with van der Waals surface area (Å²) in [5.74, 6) is 0. The van der Waals surface area contributed by atoms with E-state index in [0.29, 0.717) is 6.04 Å². The molecular formula is C15H24ClNO. The quantitative estimate of drug-likeness (QED) is 0.827. The summed E-state index contributed by atoms with van der Waals surface area (Å²) in [4.78, 5) is 0. The molecular weight excluding hydrogens is 246 g/mol. The topological polar surface area (TPSA) is 21.3 Å². The molecule has 0 saturated carbocycles. The highest BCUT2D eigenvalue weighted by Crippen LogP contribution is 2.12. The van der Waals surface area contributed by atoms with E-state index in [-0.39, 0.29) is 12.4 Å². The lowest BCUT2D eigenvalue weighted by Gasteiger charge is -2.23. The molecule has 1 atom stereocenters. The first-order valence-corrected chi connectivity index (χ1v) is 6.72. The number of benzene rings is 1. The van der Waals surface area contributed by atoms with Gasteiger partial charge in [0.2, 0.25) is 0 Å². The monoisotopic (exact) mass is 269 g/mol. The van der Waals surface area contributed by atoms with Gasteiger partial charge in [-0.05, 0) is 43.9 Å². The van der Waals surface area contributed by atoms with Gasteiger partial charge in [-0.15, -0.1) is 12.4 Å². The number of halogens is 1. The summed E-state index contributed by atoms with van der Waals surface area (Å²) < 4.78 is 5.76. The molecule has 102 valence electrons. The van der Waals surface area contributed by atoms with Crippen LogP contribution in [-0.2, 0) is 11.3 Å². The molecule has 0 aromatic heterocycles. The van der Waals surface area contributed by atoms with Gasteiger partial charge >= 0.3 is 0 Å². The molecule has 18 heavy (non-hydrogen) atoms. The van der Waals surface area contributed by atoms with Crippen molar-refractivity contribution < 1.29 is 4.74 Å². The lowest BCUT2D eigenvalue weighted by Crippen LogP contribution is -2.34. The Morgan fingerprint density at radius 3 is 2.83 bits per heavy atom. The Hall–Kier alpha value is -0.570. The average Bonchev–Trinajstić information content (AvgIpc) is 2.38. The first-order valence-electron chi connectivity index (χ1n) is 6.72. The third-order valence-electron chi connectivity index (χ3n) is 3.54. The fourth-order valence-electron chi connectivity index (χ4n) is 2.35. The van der Waals surface area contributed by atoms with Gasteiger partial charge in [0.1, 0.15) is 0 Å². The van der Waals surface area contributed by atoms with Crippen LogP contribution < -0.4 is 5.32 Å². The number of piperidine rings is 1. The molecule has 0 spiro atoms. The first kappa shape index (κ1) is 15.5. The van der Waals surface area contributed by atoms with E-state index in [9.17, 15) is 0 Å². The van der Waals surface area contributed by atoms with E-state index >= 15 is 0 Å². The lowest BCUT2D eigenvalue weighted by molar-refractivity contribution is 0.108. The maximum Gasteiger partial charge on any atom is 0.0719 e. The van der Waals surface area contributed by atoms with Gasteiger partial charge in [0.05, 0.1) is 6.61 Å². The van der Waals surface area contributed by atoms with Crippen molar-refractivity contribution in [3.8, 4) is 0 Å². The van der Waals surface area contributed by atoms with Crippen LogP contribution in [0.2, 0.25) is 0 Å².